The highest BCUT2D eigenvalue weighted by Gasteiger charge is 2.44. The molecule has 2 aromatic carbocycles. The highest BCUT2D eigenvalue weighted by atomic mass is 16.5. The van der Waals surface area contributed by atoms with E-state index in [-0.39, 0.29) is 35.1 Å². The lowest BCUT2D eigenvalue weighted by molar-refractivity contribution is -0.149. The summed E-state index contributed by atoms with van der Waals surface area (Å²) in [5, 5.41) is 32.0. The van der Waals surface area contributed by atoms with Crippen LogP contribution in [-0.4, -0.2) is 39.6 Å². The number of carbonyl (C=O) groups excluding carboxylic acids is 1. The second-order valence-electron chi connectivity index (χ2n) is 12.7. The minimum atomic E-state index is -0.615. The molecule has 5 heteroatoms. The van der Waals surface area contributed by atoms with E-state index < -0.39 is 24.4 Å². The number of rotatable bonds is 14. The van der Waals surface area contributed by atoms with Gasteiger partial charge in [0.15, 0.2) is 6.10 Å². The molecular formula is C36H48O5. The number of ether oxygens (including phenoxy) is 1. The number of hydrogen-bond donors (Lipinski definition) is 3. The lowest BCUT2D eigenvalue weighted by Gasteiger charge is -2.29. The van der Waals surface area contributed by atoms with Crippen molar-refractivity contribution in [2.75, 3.05) is 0 Å². The van der Waals surface area contributed by atoms with Crippen LogP contribution in [-0.2, 0) is 9.53 Å². The van der Waals surface area contributed by atoms with Crippen molar-refractivity contribution in [3.8, 4) is 0 Å². The van der Waals surface area contributed by atoms with Crippen LogP contribution >= 0.6 is 0 Å². The van der Waals surface area contributed by atoms with E-state index in [1.807, 2.05) is 72.8 Å². The predicted molar refractivity (Wildman–Crippen MR) is 163 cm³/mol. The van der Waals surface area contributed by atoms with Crippen LogP contribution in [0.3, 0.4) is 0 Å². The number of allylic oxidation sites excluding steroid dienone is 2. The van der Waals surface area contributed by atoms with Crippen molar-refractivity contribution in [2.45, 2.75) is 90.1 Å². The summed E-state index contributed by atoms with van der Waals surface area (Å²) in [6.07, 6.45) is 11.4. The monoisotopic (exact) mass is 560 g/mol. The van der Waals surface area contributed by atoms with Crippen molar-refractivity contribution in [3.63, 3.8) is 0 Å². The Hall–Kier alpha value is -2.73. The number of hydrogen-bond acceptors (Lipinski definition) is 5. The molecule has 0 amide bonds. The number of aliphatic hydroxyl groups is 3. The third kappa shape index (κ3) is 8.41. The molecule has 4 rings (SSSR count). The summed E-state index contributed by atoms with van der Waals surface area (Å²) < 4.78 is 6.04. The fourth-order valence-corrected chi connectivity index (χ4v) is 6.09. The van der Waals surface area contributed by atoms with E-state index in [0.717, 1.165) is 43.2 Å². The van der Waals surface area contributed by atoms with Gasteiger partial charge in [0.25, 0.3) is 0 Å². The quantitative estimate of drug-likeness (QED) is 0.175. The van der Waals surface area contributed by atoms with Crippen molar-refractivity contribution in [2.24, 2.45) is 29.1 Å². The van der Waals surface area contributed by atoms with Crippen LogP contribution in [0.4, 0.5) is 0 Å². The smallest absolute Gasteiger partial charge is 0.310 e. The van der Waals surface area contributed by atoms with E-state index in [0.29, 0.717) is 12.8 Å². The molecule has 0 saturated heterocycles. The standard InChI is InChI=1S/C36H48O5/c1-4-5-22-36(2,3)33(39)21-20-29-28(31(37)24-32(29)38)19-13-12-18-27-23-30(27)35(40)41-34(25-14-8-6-9-15-25)26-16-10-7-11-17-26/h6-17,20-21,27-34,37-39H,4-5,18-19,22-24H2,1-3H3/b13-12-,21-20+/t27-,28-,29-,30-,31+,32-,33-/m1/s1. The van der Waals surface area contributed by atoms with Crippen LogP contribution in [0.15, 0.2) is 85.0 Å². The Labute approximate surface area is 246 Å². The molecule has 2 aromatic rings. The first-order valence-corrected chi connectivity index (χ1v) is 15.4. The Kier molecular flexibility index (Phi) is 11.0. The minimum absolute atomic E-state index is 0.0956. The lowest BCUT2D eigenvalue weighted by Crippen LogP contribution is -2.28. The van der Waals surface area contributed by atoms with Gasteiger partial charge < -0.3 is 20.1 Å². The van der Waals surface area contributed by atoms with Crippen LogP contribution < -0.4 is 0 Å². The van der Waals surface area contributed by atoms with E-state index in [9.17, 15) is 20.1 Å². The third-order valence-electron chi connectivity index (χ3n) is 9.08. The van der Waals surface area contributed by atoms with Crippen molar-refractivity contribution in [3.05, 3.63) is 96.1 Å². The molecule has 2 saturated carbocycles. The molecule has 222 valence electrons. The van der Waals surface area contributed by atoms with Crippen molar-refractivity contribution in [1.29, 1.82) is 0 Å². The molecule has 2 aliphatic rings. The second-order valence-corrected chi connectivity index (χ2v) is 12.7. The molecule has 5 nitrogen and oxygen atoms in total. The first-order valence-electron chi connectivity index (χ1n) is 15.4. The van der Waals surface area contributed by atoms with Crippen LogP contribution in [0.1, 0.15) is 82.9 Å². The summed E-state index contributed by atoms with van der Waals surface area (Å²) in [5.74, 6) is -0.271. The Morgan fingerprint density at radius 1 is 0.951 bits per heavy atom. The molecule has 0 spiro atoms. The maximum Gasteiger partial charge on any atom is 0.310 e. The number of benzene rings is 2. The molecule has 0 heterocycles. The summed E-state index contributed by atoms with van der Waals surface area (Å²) in [7, 11) is 0. The number of carbonyl (C=O) groups is 1. The highest BCUT2D eigenvalue weighted by molar-refractivity contribution is 5.76. The molecule has 0 aliphatic heterocycles. The zero-order chi connectivity index (χ0) is 29.4. The van der Waals surface area contributed by atoms with Gasteiger partial charge in [-0.1, -0.05) is 119 Å². The fourth-order valence-electron chi connectivity index (χ4n) is 6.09. The molecular weight excluding hydrogens is 512 g/mol. The van der Waals surface area contributed by atoms with Gasteiger partial charge in [-0.3, -0.25) is 4.79 Å². The zero-order valence-electron chi connectivity index (χ0n) is 24.8. The Bertz CT molecular complexity index is 1100. The topological polar surface area (TPSA) is 87.0 Å². The van der Waals surface area contributed by atoms with Crippen molar-refractivity contribution in [1.82, 2.24) is 0 Å². The number of esters is 1. The molecule has 2 aliphatic carbocycles. The Morgan fingerprint density at radius 3 is 2.17 bits per heavy atom. The van der Waals surface area contributed by atoms with Gasteiger partial charge >= 0.3 is 5.97 Å². The second kappa shape index (κ2) is 14.4. The van der Waals surface area contributed by atoms with Crippen LogP contribution in [0.25, 0.3) is 0 Å². The SMILES string of the molecule is CCCCC(C)(C)[C@H](O)/C=C/[C@@H]1[C@@H](C/C=C\C[C@@H]2C[C@H]2C(=O)OC(c2ccccc2)c2ccccc2)[C@@H](O)C[C@H]1O. The van der Waals surface area contributed by atoms with Gasteiger partial charge in [0.1, 0.15) is 0 Å². The Morgan fingerprint density at radius 2 is 1.56 bits per heavy atom. The van der Waals surface area contributed by atoms with Crippen LogP contribution in [0.5, 0.6) is 0 Å². The first-order chi connectivity index (χ1) is 19.7. The first kappa shape index (κ1) is 31.2. The summed E-state index contributed by atoms with van der Waals surface area (Å²) in [5.41, 5.74) is 1.69. The van der Waals surface area contributed by atoms with Gasteiger partial charge in [-0.05, 0) is 54.1 Å². The highest BCUT2D eigenvalue weighted by Crippen LogP contribution is 2.44. The molecule has 2 fully saturated rings. The van der Waals surface area contributed by atoms with Crippen molar-refractivity contribution < 1.29 is 24.9 Å². The van der Waals surface area contributed by atoms with E-state index in [4.69, 9.17) is 4.74 Å². The van der Waals surface area contributed by atoms with E-state index in [1.165, 1.54) is 0 Å². The molecule has 0 unspecified atom stereocenters. The van der Waals surface area contributed by atoms with Gasteiger partial charge in [-0.25, -0.2) is 0 Å². The largest absolute Gasteiger partial charge is 0.452 e. The molecule has 0 bridgehead atoms. The Balaban J connectivity index is 1.28. The van der Waals surface area contributed by atoms with Crippen LogP contribution in [0, 0.1) is 29.1 Å². The van der Waals surface area contributed by atoms with Gasteiger partial charge in [-0.15, -0.1) is 0 Å². The summed E-state index contributed by atoms with van der Waals surface area (Å²) in [6, 6.07) is 19.7. The number of unbranched alkanes of at least 4 members (excludes halogenated alkanes) is 1. The predicted octanol–water partition coefficient (Wildman–Crippen LogP) is 6.78. The summed E-state index contributed by atoms with van der Waals surface area (Å²) in [6.45, 7) is 6.29. The van der Waals surface area contributed by atoms with E-state index in [1.54, 1.807) is 0 Å². The summed E-state index contributed by atoms with van der Waals surface area (Å²) >= 11 is 0. The maximum atomic E-state index is 13.1. The fraction of sp³-hybridized carbons (Fsp3) is 0.528. The van der Waals surface area contributed by atoms with Gasteiger partial charge in [0.05, 0.1) is 24.2 Å². The zero-order valence-corrected chi connectivity index (χ0v) is 24.8. The number of aliphatic hydroxyl groups excluding tert-OH is 3. The molecule has 41 heavy (non-hydrogen) atoms. The van der Waals surface area contributed by atoms with E-state index in [2.05, 4.69) is 32.9 Å². The van der Waals surface area contributed by atoms with Gasteiger partial charge in [-0.2, -0.15) is 0 Å². The minimum Gasteiger partial charge on any atom is -0.452 e. The summed E-state index contributed by atoms with van der Waals surface area (Å²) in [4.78, 5) is 13.1. The van der Waals surface area contributed by atoms with Crippen LogP contribution in [0.2, 0.25) is 0 Å². The van der Waals surface area contributed by atoms with Crippen molar-refractivity contribution >= 4 is 5.97 Å². The molecule has 7 atom stereocenters. The molecule has 0 radical (unpaired) electrons. The lowest BCUT2D eigenvalue weighted by atomic mass is 9.80. The molecule has 0 aromatic heterocycles. The van der Waals surface area contributed by atoms with Gasteiger partial charge in [0, 0.05) is 12.3 Å². The average Bonchev–Trinajstić information content (AvgIpc) is 3.70. The normalized spacial score (nSPS) is 27.1. The van der Waals surface area contributed by atoms with E-state index >= 15 is 0 Å². The van der Waals surface area contributed by atoms with Gasteiger partial charge in [0.2, 0.25) is 0 Å². The molecule has 3 N–H and O–H groups in total. The third-order valence-corrected chi connectivity index (χ3v) is 9.08. The average molecular weight is 561 g/mol. The maximum absolute atomic E-state index is 13.1.